The fourth-order valence-electron chi connectivity index (χ4n) is 1.64. The molecule has 0 amide bonds. The molecule has 0 unspecified atom stereocenters. The topological polar surface area (TPSA) is 38.4 Å². The van der Waals surface area contributed by atoms with Gasteiger partial charge in [0.15, 0.2) is 0 Å². The molecule has 0 saturated carbocycles. The van der Waals surface area contributed by atoms with Crippen molar-refractivity contribution in [3.63, 3.8) is 0 Å². The van der Waals surface area contributed by atoms with E-state index in [-0.39, 0.29) is 0 Å². The summed E-state index contributed by atoms with van der Waals surface area (Å²) < 4.78 is 1.08. The number of nitrogens with zero attached hydrogens (tertiary/aromatic N) is 1. The Morgan fingerprint density at radius 1 is 0.944 bits per heavy atom. The van der Waals surface area contributed by atoms with E-state index in [0.29, 0.717) is 18.8 Å². The molecule has 2 N–H and O–H groups in total. The molecule has 2 nitrogen and oxygen atoms in total. The van der Waals surface area contributed by atoms with Gasteiger partial charge in [0.05, 0.1) is 12.4 Å². The summed E-state index contributed by atoms with van der Waals surface area (Å²) in [6.07, 6.45) is 0.706. The first-order valence-corrected chi connectivity index (χ1v) is 6.60. The van der Waals surface area contributed by atoms with E-state index < -0.39 is 0 Å². The minimum Gasteiger partial charge on any atom is -0.387 e. The number of hydrogen-bond donors (Lipinski definition) is 1. The van der Waals surface area contributed by atoms with E-state index in [4.69, 9.17) is 5.73 Å². The molecule has 0 fully saturated rings. The fraction of sp³-hybridized carbons (Fsp3) is 0.133. The Hall–Kier alpha value is -1.61. The molecule has 0 aliphatic heterocycles. The van der Waals surface area contributed by atoms with Crippen LogP contribution in [0.1, 0.15) is 11.1 Å². The lowest BCUT2D eigenvalue weighted by Crippen LogP contribution is -2.15. The average molecular weight is 303 g/mol. The van der Waals surface area contributed by atoms with Gasteiger partial charge >= 0.3 is 0 Å². The fourth-order valence-corrected chi connectivity index (χ4v) is 1.91. The summed E-state index contributed by atoms with van der Waals surface area (Å²) in [5.41, 5.74) is 8.27. The third-order valence-electron chi connectivity index (χ3n) is 2.61. The van der Waals surface area contributed by atoms with Gasteiger partial charge in [0.2, 0.25) is 0 Å². The van der Waals surface area contributed by atoms with Crippen molar-refractivity contribution >= 4 is 21.8 Å². The normalized spacial score (nSPS) is 11.5. The zero-order valence-corrected chi connectivity index (χ0v) is 11.6. The molecule has 0 aliphatic carbocycles. The van der Waals surface area contributed by atoms with E-state index in [9.17, 15) is 0 Å². The van der Waals surface area contributed by atoms with E-state index in [1.807, 2.05) is 42.5 Å². The first-order valence-electron chi connectivity index (χ1n) is 5.81. The SMILES string of the molecule is NC(Cc1ccccc1)=NCc1ccc(Br)cc1. The maximum Gasteiger partial charge on any atom is 0.0985 e. The summed E-state index contributed by atoms with van der Waals surface area (Å²) in [7, 11) is 0. The standard InChI is InChI=1S/C15H15BrN2/c16-14-8-6-13(7-9-14)11-18-15(17)10-12-4-2-1-3-5-12/h1-9H,10-11H2,(H2,17,18). The van der Waals surface area contributed by atoms with Crippen LogP contribution >= 0.6 is 15.9 Å². The van der Waals surface area contributed by atoms with Crippen LogP contribution in [0.4, 0.5) is 0 Å². The van der Waals surface area contributed by atoms with Crippen molar-refractivity contribution < 1.29 is 0 Å². The minimum atomic E-state index is 0.631. The molecule has 0 heterocycles. The quantitative estimate of drug-likeness (QED) is 0.681. The van der Waals surface area contributed by atoms with Crippen LogP contribution in [-0.2, 0) is 13.0 Å². The van der Waals surface area contributed by atoms with Crippen LogP contribution in [0.5, 0.6) is 0 Å². The molecule has 0 aliphatic rings. The molecule has 18 heavy (non-hydrogen) atoms. The number of amidine groups is 1. The van der Waals surface area contributed by atoms with E-state index in [1.165, 1.54) is 5.56 Å². The van der Waals surface area contributed by atoms with Gasteiger partial charge in [-0.2, -0.15) is 0 Å². The Kier molecular flexibility index (Phi) is 4.53. The lowest BCUT2D eigenvalue weighted by molar-refractivity contribution is 1.04. The van der Waals surface area contributed by atoms with Crippen LogP contribution in [0.25, 0.3) is 0 Å². The summed E-state index contributed by atoms with van der Waals surface area (Å²) in [6, 6.07) is 18.3. The van der Waals surface area contributed by atoms with Crippen molar-refractivity contribution in [2.75, 3.05) is 0 Å². The number of nitrogens with two attached hydrogens (primary N) is 1. The molecular weight excluding hydrogens is 288 g/mol. The Labute approximate surface area is 116 Å². The van der Waals surface area contributed by atoms with Gasteiger partial charge in [0.25, 0.3) is 0 Å². The van der Waals surface area contributed by atoms with Gasteiger partial charge in [0, 0.05) is 10.9 Å². The Balaban J connectivity index is 1.95. The van der Waals surface area contributed by atoms with Crippen LogP contribution < -0.4 is 5.73 Å². The maximum absolute atomic E-state index is 5.92. The lowest BCUT2D eigenvalue weighted by Gasteiger charge is -2.02. The second-order valence-corrected chi connectivity index (χ2v) is 5.01. The third kappa shape index (κ3) is 4.00. The van der Waals surface area contributed by atoms with Crippen molar-refractivity contribution in [1.29, 1.82) is 0 Å². The highest BCUT2D eigenvalue weighted by molar-refractivity contribution is 9.10. The smallest absolute Gasteiger partial charge is 0.0985 e. The van der Waals surface area contributed by atoms with Gasteiger partial charge in [-0.25, -0.2) is 0 Å². The Bertz CT molecular complexity index is 518. The zero-order valence-electron chi connectivity index (χ0n) is 10.0. The maximum atomic E-state index is 5.92. The second-order valence-electron chi connectivity index (χ2n) is 4.10. The molecular formula is C15H15BrN2. The van der Waals surface area contributed by atoms with Crippen LogP contribution in [0.15, 0.2) is 64.1 Å². The number of aliphatic imine (C=N–C) groups is 1. The van der Waals surface area contributed by atoms with E-state index in [1.54, 1.807) is 0 Å². The highest BCUT2D eigenvalue weighted by atomic mass is 79.9. The Morgan fingerprint density at radius 2 is 1.61 bits per heavy atom. The van der Waals surface area contributed by atoms with Crippen molar-refractivity contribution in [3.8, 4) is 0 Å². The molecule has 0 bridgehead atoms. The summed E-state index contributed by atoms with van der Waals surface area (Å²) in [6.45, 7) is 0.631. The third-order valence-corrected chi connectivity index (χ3v) is 3.13. The van der Waals surface area contributed by atoms with Crippen molar-refractivity contribution in [1.82, 2.24) is 0 Å². The van der Waals surface area contributed by atoms with Crippen molar-refractivity contribution in [2.24, 2.45) is 10.7 Å². The predicted molar refractivity (Wildman–Crippen MR) is 79.6 cm³/mol. The van der Waals surface area contributed by atoms with Crippen molar-refractivity contribution in [2.45, 2.75) is 13.0 Å². The molecule has 3 heteroatoms. The molecule has 2 aromatic carbocycles. The second kappa shape index (κ2) is 6.36. The highest BCUT2D eigenvalue weighted by Crippen LogP contribution is 2.11. The summed E-state index contributed by atoms with van der Waals surface area (Å²) >= 11 is 3.41. The molecule has 2 aromatic rings. The monoisotopic (exact) mass is 302 g/mol. The molecule has 0 aromatic heterocycles. The number of rotatable bonds is 4. The zero-order chi connectivity index (χ0) is 12.8. The van der Waals surface area contributed by atoms with Crippen LogP contribution in [0.3, 0.4) is 0 Å². The number of hydrogen-bond acceptors (Lipinski definition) is 1. The van der Waals surface area contributed by atoms with Gasteiger partial charge in [-0.05, 0) is 23.3 Å². The van der Waals surface area contributed by atoms with E-state index in [0.717, 1.165) is 10.0 Å². The largest absolute Gasteiger partial charge is 0.387 e. The van der Waals surface area contributed by atoms with Gasteiger partial charge < -0.3 is 5.73 Å². The first-order chi connectivity index (χ1) is 8.74. The molecule has 0 atom stereocenters. The number of benzene rings is 2. The van der Waals surface area contributed by atoms with Crippen LogP contribution in [0, 0.1) is 0 Å². The van der Waals surface area contributed by atoms with Gasteiger partial charge in [-0.3, -0.25) is 4.99 Å². The molecule has 2 rings (SSSR count). The molecule has 0 saturated heterocycles. The van der Waals surface area contributed by atoms with Gasteiger partial charge in [-0.1, -0.05) is 58.4 Å². The first kappa shape index (κ1) is 12.8. The van der Waals surface area contributed by atoms with Gasteiger partial charge in [0.1, 0.15) is 0 Å². The molecule has 92 valence electrons. The van der Waals surface area contributed by atoms with E-state index in [2.05, 4.69) is 33.1 Å². The average Bonchev–Trinajstić information content (AvgIpc) is 2.39. The van der Waals surface area contributed by atoms with Crippen molar-refractivity contribution in [3.05, 3.63) is 70.2 Å². The lowest BCUT2D eigenvalue weighted by atomic mass is 10.1. The summed E-state index contributed by atoms with van der Waals surface area (Å²) in [5, 5.41) is 0. The number of halogens is 1. The van der Waals surface area contributed by atoms with Gasteiger partial charge in [-0.15, -0.1) is 0 Å². The Morgan fingerprint density at radius 3 is 2.28 bits per heavy atom. The van der Waals surface area contributed by atoms with E-state index >= 15 is 0 Å². The van der Waals surface area contributed by atoms with Crippen LogP contribution in [-0.4, -0.2) is 5.84 Å². The summed E-state index contributed by atoms with van der Waals surface area (Å²) in [5.74, 6) is 0.670. The summed E-state index contributed by atoms with van der Waals surface area (Å²) in [4.78, 5) is 4.40. The molecule has 0 spiro atoms. The minimum absolute atomic E-state index is 0.631. The predicted octanol–water partition coefficient (Wildman–Crippen LogP) is 3.55. The highest BCUT2D eigenvalue weighted by Gasteiger charge is 1.96. The molecule has 0 radical (unpaired) electrons. The van der Waals surface area contributed by atoms with Crippen LogP contribution in [0.2, 0.25) is 0 Å².